The second-order valence-electron chi connectivity index (χ2n) is 5.11. The number of nitrogens with zero attached hydrogens (tertiary/aromatic N) is 1. The van der Waals surface area contributed by atoms with Crippen molar-refractivity contribution >= 4 is 17.8 Å². The number of hydrogen-bond acceptors (Lipinski definition) is 3. The molecule has 0 saturated carbocycles. The fraction of sp³-hybridized carbons (Fsp3) is 0.400. The van der Waals surface area contributed by atoms with Crippen LogP contribution < -0.4 is 0 Å². The standard InChI is InChI=1S/C15H17NO5/c17-13(16-8-4-7-12(16)15(20)21)11(14(18)19)9-10-5-2-1-3-6-10/h1-3,5-6,11-12H,4,7-9H2,(H,18,19)(H,20,21)/t11?,12-/m0/s1. The molecule has 1 fully saturated rings. The molecule has 1 heterocycles. The lowest BCUT2D eigenvalue weighted by molar-refractivity contribution is -0.156. The quantitative estimate of drug-likeness (QED) is 0.789. The van der Waals surface area contributed by atoms with E-state index in [1.165, 1.54) is 4.90 Å². The zero-order chi connectivity index (χ0) is 15.4. The van der Waals surface area contributed by atoms with Crippen LogP contribution in [0.4, 0.5) is 0 Å². The normalized spacial score (nSPS) is 19.2. The predicted molar refractivity (Wildman–Crippen MR) is 73.6 cm³/mol. The van der Waals surface area contributed by atoms with Crippen LogP contribution in [0.2, 0.25) is 0 Å². The molecule has 112 valence electrons. The fourth-order valence-corrected chi connectivity index (χ4v) is 2.62. The van der Waals surface area contributed by atoms with Gasteiger partial charge < -0.3 is 15.1 Å². The molecule has 0 radical (unpaired) electrons. The molecular weight excluding hydrogens is 274 g/mol. The summed E-state index contributed by atoms with van der Waals surface area (Å²) in [4.78, 5) is 36.1. The molecule has 0 aromatic heterocycles. The zero-order valence-electron chi connectivity index (χ0n) is 11.4. The third-order valence-corrected chi connectivity index (χ3v) is 3.70. The zero-order valence-corrected chi connectivity index (χ0v) is 11.4. The fourth-order valence-electron chi connectivity index (χ4n) is 2.62. The first kappa shape index (κ1) is 15.0. The lowest BCUT2D eigenvalue weighted by atomic mass is 9.97. The van der Waals surface area contributed by atoms with Gasteiger partial charge in [-0.1, -0.05) is 30.3 Å². The summed E-state index contributed by atoms with van der Waals surface area (Å²) in [5, 5.41) is 18.4. The van der Waals surface area contributed by atoms with E-state index in [0.717, 1.165) is 5.56 Å². The lowest BCUT2D eigenvalue weighted by Crippen LogP contribution is -2.46. The molecule has 0 aliphatic carbocycles. The molecule has 0 spiro atoms. The van der Waals surface area contributed by atoms with Crippen LogP contribution >= 0.6 is 0 Å². The van der Waals surface area contributed by atoms with Crippen LogP contribution in [0, 0.1) is 5.92 Å². The Bertz CT molecular complexity index is 542. The second-order valence-corrected chi connectivity index (χ2v) is 5.11. The van der Waals surface area contributed by atoms with Crippen molar-refractivity contribution in [2.75, 3.05) is 6.54 Å². The Morgan fingerprint density at radius 3 is 2.43 bits per heavy atom. The van der Waals surface area contributed by atoms with Crippen molar-refractivity contribution in [1.82, 2.24) is 4.90 Å². The van der Waals surface area contributed by atoms with Gasteiger partial charge >= 0.3 is 11.9 Å². The number of hydrogen-bond donors (Lipinski definition) is 2. The van der Waals surface area contributed by atoms with E-state index in [2.05, 4.69) is 0 Å². The molecule has 1 aliphatic rings. The highest BCUT2D eigenvalue weighted by atomic mass is 16.4. The molecule has 0 bridgehead atoms. The third kappa shape index (κ3) is 3.39. The maximum atomic E-state index is 12.4. The first-order chi connectivity index (χ1) is 10.0. The highest BCUT2D eigenvalue weighted by Crippen LogP contribution is 2.22. The van der Waals surface area contributed by atoms with Gasteiger partial charge in [0.05, 0.1) is 0 Å². The summed E-state index contributed by atoms with van der Waals surface area (Å²) in [5.74, 6) is -4.16. The summed E-state index contributed by atoms with van der Waals surface area (Å²) in [7, 11) is 0. The highest BCUT2D eigenvalue weighted by Gasteiger charge is 2.39. The SMILES string of the molecule is O=C(O)C(Cc1ccccc1)C(=O)N1CCC[C@H]1C(=O)O. The van der Waals surface area contributed by atoms with Gasteiger partial charge in [-0.25, -0.2) is 4.79 Å². The largest absolute Gasteiger partial charge is 0.481 e. The van der Waals surface area contributed by atoms with Gasteiger partial charge in [-0.15, -0.1) is 0 Å². The van der Waals surface area contributed by atoms with Gasteiger partial charge in [-0.05, 0) is 24.8 Å². The summed E-state index contributed by atoms with van der Waals surface area (Å²) in [6.45, 7) is 0.300. The number of benzene rings is 1. The summed E-state index contributed by atoms with van der Waals surface area (Å²) < 4.78 is 0. The number of carbonyl (C=O) groups excluding carboxylic acids is 1. The average Bonchev–Trinajstić information content (AvgIpc) is 2.94. The minimum absolute atomic E-state index is 0.0673. The summed E-state index contributed by atoms with van der Waals surface area (Å²) in [5.41, 5.74) is 0.740. The highest BCUT2D eigenvalue weighted by molar-refractivity contribution is 5.99. The van der Waals surface area contributed by atoms with Gasteiger partial charge in [0.1, 0.15) is 12.0 Å². The van der Waals surface area contributed by atoms with Crippen LogP contribution in [-0.4, -0.2) is 45.5 Å². The third-order valence-electron chi connectivity index (χ3n) is 3.70. The predicted octanol–water partition coefficient (Wildman–Crippen LogP) is 1.01. The van der Waals surface area contributed by atoms with E-state index in [0.29, 0.717) is 19.4 Å². The van der Waals surface area contributed by atoms with Crippen LogP contribution in [0.15, 0.2) is 30.3 Å². The van der Waals surface area contributed by atoms with Crippen molar-refractivity contribution in [2.24, 2.45) is 5.92 Å². The molecule has 1 unspecified atom stereocenters. The minimum Gasteiger partial charge on any atom is -0.481 e. The van der Waals surface area contributed by atoms with Crippen molar-refractivity contribution in [2.45, 2.75) is 25.3 Å². The molecule has 2 rings (SSSR count). The van der Waals surface area contributed by atoms with E-state index >= 15 is 0 Å². The summed E-state index contributed by atoms with van der Waals surface area (Å²) >= 11 is 0. The van der Waals surface area contributed by atoms with Crippen molar-refractivity contribution in [3.63, 3.8) is 0 Å². The van der Waals surface area contributed by atoms with Crippen LogP contribution in [0.25, 0.3) is 0 Å². The van der Waals surface area contributed by atoms with Crippen LogP contribution in [0.5, 0.6) is 0 Å². The Balaban J connectivity index is 2.16. The molecule has 1 amide bonds. The van der Waals surface area contributed by atoms with Crippen LogP contribution in [0.1, 0.15) is 18.4 Å². The van der Waals surface area contributed by atoms with Crippen molar-refractivity contribution in [3.8, 4) is 0 Å². The molecule has 2 atom stereocenters. The Morgan fingerprint density at radius 1 is 1.19 bits per heavy atom. The van der Waals surface area contributed by atoms with E-state index in [9.17, 15) is 19.5 Å². The molecule has 6 heteroatoms. The first-order valence-corrected chi connectivity index (χ1v) is 6.80. The van der Waals surface area contributed by atoms with Gasteiger partial charge in [-0.2, -0.15) is 0 Å². The monoisotopic (exact) mass is 291 g/mol. The number of carboxylic acid groups (broad SMARTS) is 2. The Labute approximate surface area is 122 Å². The first-order valence-electron chi connectivity index (χ1n) is 6.80. The minimum atomic E-state index is -1.24. The van der Waals surface area contributed by atoms with Gasteiger partial charge in [0.25, 0.3) is 0 Å². The number of aliphatic carboxylic acids is 2. The molecule has 1 saturated heterocycles. The van der Waals surface area contributed by atoms with E-state index in [1.807, 2.05) is 6.07 Å². The van der Waals surface area contributed by atoms with E-state index in [4.69, 9.17) is 5.11 Å². The van der Waals surface area contributed by atoms with E-state index < -0.39 is 29.8 Å². The molecule has 6 nitrogen and oxygen atoms in total. The molecule has 2 N–H and O–H groups in total. The topological polar surface area (TPSA) is 94.9 Å². The van der Waals surface area contributed by atoms with E-state index in [1.54, 1.807) is 24.3 Å². The Morgan fingerprint density at radius 2 is 1.86 bits per heavy atom. The Kier molecular flexibility index (Phi) is 4.57. The van der Waals surface area contributed by atoms with Crippen molar-refractivity contribution in [1.29, 1.82) is 0 Å². The molecule has 21 heavy (non-hydrogen) atoms. The molecule has 1 aromatic rings. The van der Waals surface area contributed by atoms with Crippen molar-refractivity contribution in [3.05, 3.63) is 35.9 Å². The van der Waals surface area contributed by atoms with E-state index in [-0.39, 0.29) is 6.42 Å². The number of likely N-dealkylation sites (tertiary alicyclic amines) is 1. The molecule has 1 aromatic carbocycles. The van der Waals surface area contributed by atoms with Crippen LogP contribution in [-0.2, 0) is 20.8 Å². The average molecular weight is 291 g/mol. The number of carbonyl (C=O) groups is 3. The maximum absolute atomic E-state index is 12.4. The number of carboxylic acids is 2. The number of rotatable bonds is 5. The second kappa shape index (κ2) is 6.39. The van der Waals surface area contributed by atoms with Gasteiger partial charge in [0, 0.05) is 6.54 Å². The van der Waals surface area contributed by atoms with Crippen LogP contribution in [0.3, 0.4) is 0 Å². The van der Waals surface area contributed by atoms with Gasteiger partial charge in [0.2, 0.25) is 5.91 Å². The van der Waals surface area contributed by atoms with Crippen molar-refractivity contribution < 1.29 is 24.6 Å². The van der Waals surface area contributed by atoms with Gasteiger partial charge in [-0.3, -0.25) is 9.59 Å². The maximum Gasteiger partial charge on any atom is 0.326 e. The number of amides is 1. The smallest absolute Gasteiger partial charge is 0.326 e. The molecular formula is C15H17NO5. The Hall–Kier alpha value is -2.37. The van der Waals surface area contributed by atoms with Gasteiger partial charge in [0.15, 0.2) is 0 Å². The summed E-state index contributed by atoms with van der Waals surface area (Å²) in [6.07, 6.45) is 1.02. The lowest BCUT2D eigenvalue weighted by Gasteiger charge is -2.24. The molecule has 1 aliphatic heterocycles. The summed E-state index contributed by atoms with van der Waals surface area (Å²) in [6, 6.07) is 7.95.